The highest BCUT2D eigenvalue weighted by atomic mass is 19.1. The minimum absolute atomic E-state index is 0.243. The molecule has 0 spiro atoms. The van der Waals surface area contributed by atoms with E-state index in [4.69, 9.17) is 4.74 Å². The first-order chi connectivity index (χ1) is 12.2. The van der Waals surface area contributed by atoms with E-state index in [2.05, 4.69) is 15.2 Å². The SMILES string of the molecule is COCCNC(=O)Nc1cccc2c1ccn2Cc1ccc(F)cc1. The van der Waals surface area contributed by atoms with Crippen molar-refractivity contribution in [2.75, 3.05) is 25.6 Å². The molecule has 0 aliphatic heterocycles. The van der Waals surface area contributed by atoms with Crippen LogP contribution in [0.4, 0.5) is 14.9 Å². The van der Waals surface area contributed by atoms with E-state index in [1.54, 1.807) is 19.2 Å². The van der Waals surface area contributed by atoms with Crippen LogP contribution in [0.25, 0.3) is 10.9 Å². The molecule has 2 aromatic carbocycles. The van der Waals surface area contributed by atoms with E-state index >= 15 is 0 Å². The van der Waals surface area contributed by atoms with Crippen molar-refractivity contribution in [3.8, 4) is 0 Å². The number of ether oxygens (including phenoxy) is 1. The van der Waals surface area contributed by atoms with Crippen molar-refractivity contribution < 1.29 is 13.9 Å². The molecule has 0 saturated heterocycles. The Kier molecular flexibility index (Phi) is 5.30. The molecule has 6 heteroatoms. The predicted octanol–water partition coefficient (Wildman–Crippen LogP) is 3.60. The highest BCUT2D eigenvalue weighted by molar-refractivity contribution is 6.00. The number of rotatable bonds is 6. The van der Waals surface area contributed by atoms with Crippen molar-refractivity contribution in [2.24, 2.45) is 0 Å². The number of hydrogen-bond donors (Lipinski definition) is 2. The molecule has 3 aromatic rings. The van der Waals surface area contributed by atoms with Gasteiger partial charge in [-0.15, -0.1) is 0 Å². The first-order valence-corrected chi connectivity index (χ1v) is 8.03. The standard InChI is InChI=1S/C19H20FN3O2/c1-25-12-10-21-19(24)22-17-3-2-4-18-16(17)9-11-23(18)13-14-5-7-15(20)8-6-14/h2-9,11H,10,12-13H2,1H3,(H2,21,22,24). The van der Waals surface area contributed by atoms with E-state index in [9.17, 15) is 9.18 Å². The van der Waals surface area contributed by atoms with E-state index in [0.29, 0.717) is 19.7 Å². The van der Waals surface area contributed by atoms with E-state index in [1.165, 1.54) is 12.1 Å². The summed E-state index contributed by atoms with van der Waals surface area (Å²) >= 11 is 0. The molecular weight excluding hydrogens is 321 g/mol. The molecule has 0 bridgehead atoms. The lowest BCUT2D eigenvalue weighted by Crippen LogP contribution is -2.31. The Morgan fingerprint density at radius 2 is 1.96 bits per heavy atom. The van der Waals surface area contributed by atoms with Crippen LogP contribution in [0.5, 0.6) is 0 Å². The molecule has 1 aromatic heterocycles. The minimum Gasteiger partial charge on any atom is -0.383 e. The van der Waals surface area contributed by atoms with Gasteiger partial charge in [-0.25, -0.2) is 9.18 Å². The molecule has 1 heterocycles. The van der Waals surface area contributed by atoms with Crippen LogP contribution in [0.3, 0.4) is 0 Å². The summed E-state index contributed by atoms with van der Waals surface area (Å²) in [5.74, 6) is -0.243. The van der Waals surface area contributed by atoms with Gasteiger partial charge in [0, 0.05) is 31.8 Å². The Hall–Kier alpha value is -2.86. The molecular formula is C19H20FN3O2. The maximum Gasteiger partial charge on any atom is 0.319 e. The van der Waals surface area contributed by atoms with Gasteiger partial charge < -0.3 is 19.9 Å². The van der Waals surface area contributed by atoms with Crippen LogP contribution in [-0.2, 0) is 11.3 Å². The summed E-state index contributed by atoms with van der Waals surface area (Å²) in [5, 5.41) is 6.54. The third-order valence-corrected chi connectivity index (χ3v) is 3.92. The zero-order valence-corrected chi connectivity index (χ0v) is 14.0. The number of urea groups is 1. The molecule has 0 aliphatic carbocycles. The number of methoxy groups -OCH3 is 1. The maximum atomic E-state index is 13.0. The monoisotopic (exact) mass is 341 g/mol. The number of anilines is 1. The maximum absolute atomic E-state index is 13.0. The minimum atomic E-state index is -0.268. The Balaban J connectivity index is 1.77. The van der Waals surface area contributed by atoms with Gasteiger partial charge in [0.2, 0.25) is 0 Å². The molecule has 3 rings (SSSR count). The lowest BCUT2D eigenvalue weighted by atomic mass is 10.2. The molecule has 2 N–H and O–H groups in total. The number of carbonyl (C=O) groups is 1. The Morgan fingerprint density at radius 3 is 2.72 bits per heavy atom. The highest BCUT2D eigenvalue weighted by Crippen LogP contribution is 2.25. The second-order valence-corrected chi connectivity index (χ2v) is 5.68. The number of benzene rings is 2. The molecule has 0 fully saturated rings. The largest absolute Gasteiger partial charge is 0.383 e. The zero-order chi connectivity index (χ0) is 17.6. The molecule has 0 unspecified atom stereocenters. The highest BCUT2D eigenvalue weighted by Gasteiger charge is 2.08. The summed E-state index contributed by atoms with van der Waals surface area (Å²) in [6, 6.07) is 13.9. The average molecular weight is 341 g/mol. The van der Waals surface area contributed by atoms with Crippen LogP contribution in [0.15, 0.2) is 54.7 Å². The second-order valence-electron chi connectivity index (χ2n) is 5.68. The van der Waals surface area contributed by atoms with Gasteiger partial charge >= 0.3 is 6.03 Å². The number of carbonyl (C=O) groups excluding carboxylic acids is 1. The van der Waals surface area contributed by atoms with Crippen LogP contribution in [0.2, 0.25) is 0 Å². The fraction of sp³-hybridized carbons (Fsp3) is 0.211. The summed E-state index contributed by atoms with van der Waals surface area (Å²) < 4.78 is 20.0. The fourth-order valence-corrected chi connectivity index (χ4v) is 2.69. The van der Waals surface area contributed by atoms with Gasteiger partial charge in [-0.05, 0) is 35.9 Å². The van der Waals surface area contributed by atoms with Gasteiger partial charge in [0.05, 0.1) is 17.8 Å². The average Bonchev–Trinajstić information content (AvgIpc) is 3.01. The first-order valence-electron chi connectivity index (χ1n) is 8.03. The molecule has 0 saturated carbocycles. The summed E-state index contributed by atoms with van der Waals surface area (Å²) in [6.07, 6.45) is 1.96. The van der Waals surface area contributed by atoms with E-state index in [-0.39, 0.29) is 11.8 Å². The summed E-state index contributed by atoms with van der Waals surface area (Å²) in [7, 11) is 1.59. The van der Waals surface area contributed by atoms with Crippen LogP contribution in [0, 0.1) is 5.82 Å². The van der Waals surface area contributed by atoms with Gasteiger partial charge in [0.25, 0.3) is 0 Å². The smallest absolute Gasteiger partial charge is 0.319 e. The Labute approximate surface area is 145 Å². The fourth-order valence-electron chi connectivity index (χ4n) is 2.69. The van der Waals surface area contributed by atoms with Crippen LogP contribution >= 0.6 is 0 Å². The van der Waals surface area contributed by atoms with Crippen LogP contribution in [-0.4, -0.2) is 30.9 Å². The molecule has 0 atom stereocenters. The van der Waals surface area contributed by atoms with Gasteiger partial charge in [0.1, 0.15) is 5.82 Å². The van der Waals surface area contributed by atoms with Crippen molar-refractivity contribution in [3.05, 3.63) is 66.1 Å². The molecule has 5 nitrogen and oxygen atoms in total. The number of amides is 2. The predicted molar refractivity (Wildman–Crippen MR) is 96.3 cm³/mol. The zero-order valence-electron chi connectivity index (χ0n) is 14.0. The quantitative estimate of drug-likeness (QED) is 0.673. The van der Waals surface area contributed by atoms with Crippen molar-refractivity contribution in [1.82, 2.24) is 9.88 Å². The van der Waals surface area contributed by atoms with Crippen molar-refractivity contribution in [3.63, 3.8) is 0 Å². The number of aromatic nitrogens is 1. The van der Waals surface area contributed by atoms with Gasteiger partial charge in [-0.2, -0.15) is 0 Å². The molecule has 0 radical (unpaired) electrons. The summed E-state index contributed by atoms with van der Waals surface area (Å²) in [6.45, 7) is 1.54. The molecule has 2 amide bonds. The van der Waals surface area contributed by atoms with Gasteiger partial charge in [-0.1, -0.05) is 18.2 Å². The van der Waals surface area contributed by atoms with Crippen LogP contribution in [0.1, 0.15) is 5.56 Å². The van der Waals surface area contributed by atoms with Crippen molar-refractivity contribution >= 4 is 22.6 Å². The number of halogens is 1. The summed E-state index contributed by atoms with van der Waals surface area (Å²) in [5.41, 5.74) is 2.75. The van der Waals surface area contributed by atoms with Gasteiger partial charge in [-0.3, -0.25) is 0 Å². The van der Waals surface area contributed by atoms with E-state index < -0.39 is 0 Å². The molecule has 0 aliphatic rings. The summed E-state index contributed by atoms with van der Waals surface area (Å²) in [4.78, 5) is 11.9. The lowest BCUT2D eigenvalue weighted by Gasteiger charge is -2.10. The second kappa shape index (κ2) is 7.81. The third-order valence-electron chi connectivity index (χ3n) is 3.92. The number of hydrogen-bond acceptors (Lipinski definition) is 2. The van der Waals surface area contributed by atoms with Crippen molar-refractivity contribution in [2.45, 2.75) is 6.54 Å². The van der Waals surface area contributed by atoms with Crippen molar-refractivity contribution in [1.29, 1.82) is 0 Å². The van der Waals surface area contributed by atoms with E-state index in [1.807, 2.05) is 30.5 Å². The molecule has 130 valence electrons. The lowest BCUT2D eigenvalue weighted by molar-refractivity contribution is 0.198. The van der Waals surface area contributed by atoms with E-state index in [0.717, 1.165) is 22.2 Å². The topological polar surface area (TPSA) is 55.3 Å². The Morgan fingerprint density at radius 1 is 1.16 bits per heavy atom. The normalized spacial score (nSPS) is 10.8. The molecule has 25 heavy (non-hydrogen) atoms. The van der Waals surface area contributed by atoms with Crippen LogP contribution < -0.4 is 10.6 Å². The number of nitrogens with one attached hydrogen (secondary N) is 2. The Bertz CT molecular complexity index is 859. The number of fused-ring (bicyclic) bond motifs is 1. The van der Waals surface area contributed by atoms with Gasteiger partial charge in [0.15, 0.2) is 0 Å². The third kappa shape index (κ3) is 4.16. The first kappa shape index (κ1) is 17.0. The number of nitrogens with zero attached hydrogens (tertiary/aromatic N) is 1.